The van der Waals surface area contributed by atoms with Gasteiger partial charge in [-0.05, 0) is 40.5 Å². The van der Waals surface area contributed by atoms with Crippen LogP contribution in [-0.2, 0) is 22.6 Å². The number of carbonyl (C=O) groups is 2. The summed E-state index contributed by atoms with van der Waals surface area (Å²) in [4.78, 5) is 28.0. The Morgan fingerprint density at radius 2 is 1.39 bits per heavy atom. The van der Waals surface area contributed by atoms with Crippen LogP contribution < -0.4 is 4.74 Å². The third kappa shape index (κ3) is 6.25. The first-order valence-corrected chi connectivity index (χ1v) is 12.8. The molecule has 4 aromatic carbocycles. The normalized spacial score (nSPS) is 14.5. The Morgan fingerprint density at radius 3 is 1.93 bits per heavy atom. The average Bonchev–Trinajstić information content (AvgIpc) is 2.97. The van der Waals surface area contributed by atoms with Crippen molar-refractivity contribution < 1.29 is 32.6 Å². The van der Waals surface area contributed by atoms with Gasteiger partial charge in [0.05, 0.1) is 11.5 Å². The highest BCUT2D eigenvalue weighted by atomic mass is 19.4. The number of halogens is 3. The summed E-state index contributed by atoms with van der Waals surface area (Å²) < 4.78 is 44.1. The summed E-state index contributed by atoms with van der Waals surface area (Å²) in [5.74, 6) is 2.65. The monoisotopic (exact) mass is 555 g/mol. The van der Waals surface area contributed by atoms with E-state index in [-0.39, 0.29) is 18.5 Å². The molecule has 4 aromatic rings. The second kappa shape index (κ2) is 11.6. The van der Waals surface area contributed by atoms with Crippen LogP contribution in [-0.4, -0.2) is 34.3 Å². The lowest BCUT2D eigenvalue weighted by molar-refractivity contribution is -0.274. The predicted octanol–water partition coefficient (Wildman–Crippen LogP) is 6.16. The molecular weight excluding hydrogens is 531 g/mol. The van der Waals surface area contributed by atoms with E-state index in [2.05, 4.69) is 16.6 Å². The number of nitrogens with zero attached hydrogens (tertiary/aromatic N) is 1. The molecule has 0 radical (unpaired) electrons. The van der Waals surface area contributed by atoms with Crippen molar-refractivity contribution in [3.8, 4) is 17.6 Å². The SMILES string of the molecule is O=C(O)C1Cc2c(ccc(OC(F)(F)F)c2C#Cc2ccccc2)CN1C(=O)C(c1ccccc1)c1ccccc1. The van der Waals surface area contributed by atoms with Crippen molar-refractivity contribution >= 4 is 11.9 Å². The van der Waals surface area contributed by atoms with Gasteiger partial charge in [-0.3, -0.25) is 4.79 Å². The minimum absolute atomic E-state index is 0.0512. The van der Waals surface area contributed by atoms with E-state index in [1.165, 1.54) is 11.0 Å². The number of fused-ring (bicyclic) bond motifs is 1. The first kappa shape index (κ1) is 27.5. The molecule has 0 spiro atoms. The van der Waals surface area contributed by atoms with E-state index in [1.807, 2.05) is 12.1 Å². The molecule has 5 nitrogen and oxygen atoms in total. The summed E-state index contributed by atoms with van der Waals surface area (Å²) in [6.45, 7) is -0.117. The second-order valence-electron chi connectivity index (χ2n) is 9.52. The first-order chi connectivity index (χ1) is 19.7. The molecule has 0 aromatic heterocycles. The zero-order valence-corrected chi connectivity index (χ0v) is 21.6. The smallest absolute Gasteiger partial charge is 0.480 e. The van der Waals surface area contributed by atoms with Crippen molar-refractivity contribution in [2.45, 2.75) is 31.3 Å². The van der Waals surface area contributed by atoms with Crippen LogP contribution in [0.3, 0.4) is 0 Å². The molecule has 1 aliphatic rings. The van der Waals surface area contributed by atoms with Gasteiger partial charge in [0.15, 0.2) is 0 Å². The minimum Gasteiger partial charge on any atom is -0.480 e. The minimum atomic E-state index is -4.97. The quantitative estimate of drug-likeness (QED) is 0.300. The van der Waals surface area contributed by atoms with Gasteiger partial charge in [-0.15, -0.1) is 13.2 Å². The molecule has 0 aliphatic carbocycles. The van der Waals surface area contributed by atoms with Gasteiger partial charge in [0.1, 0.15) is 11.8 Å². The van der Waals surface area contributed by atoms with Crippen molar-refractivity contribution in [3.05, 3.63) is 137 Å². The Hall–Kier alpha value is -5.03. The molecule has 0 saturated heterocycles. The van der Waals surface area contributed by atoms with Crippen molar-refractivity contribution in [1.82, 2.24) is 4.90 Å². The Labute approximate surface area is 234 Å². The van der Waals surface area contributed by atoms with E-state index in [0.29, 0.717) is 27.8 Å². The van der Waals surface area contributed by atoms with Gasteiger partial charge in [-0.2, -0.15) is 0 Å². The van der Waals surface area contributed by atoms with Crippen LogP contribution in [0, 0.1) is 11.8 Å². The largest absolute Gasteiger partial charge is 0.573 e. The molecule has 0 bridgehead atoms. The number of ether oxygens (including phenoxy) is 1. The Bertz CT molecular complexity index is 1570. The molecule has 1 aliphatic heterocycles. The fraction of sp³-hybridized carbons (Fsp3) is 0.152. The van der Waals surface area contributed by atoms with Gasteiger partial charge < -0.3 is 14.7 Å². The maximum Gasteiger partial charge on any atom is 0.573 e. The molecule has 1 N–H and O–H groups in total. The lowest BCUT2D eigenvalue weighted by Gasteiger charge is -2.37. The molecule has 1 heterocycles. The molecule has 1 unspecified atom stereocenters. The second-order valence-corrected chi connectivity index (χ2v) is 9.52. The number of aliphatic carboxylic acids is 1. The molecule has 1 atom stereocenters. The Kier molecular flexibility index (Phi) is 7.79. The summed E-state index contributed by atoms with van der Waals surface area (Å²) in [7, 11) is 0. The van der Waals surface area contributed by atoms with Gasteiger partial charge in [-0.1, -0.05) is 96.8 Å². The molecule has 8 heteroatoms. The number of carboxylic acids is 1. The standard InChI is InChI=1S/C33H24F3NO4/c34-33(35,36)41-29-19-17-25-21-37(31(38)30(23-12-6-2-7-13-23)24-14-8-3-9-15-24)28(32(39)40)20-27(25)26(29)18-16-22-10-4-1-5-11-22/h1-15,17,19,28,30H,20-21H2,(H,39,40). The highest BCUT2D eigenvalue weighted by molar-refractivity contribution is 5.91. The van der Waals surface area contributed by atoms with Crippen LogP contribution in [0.25, 0.3) is 0 Å². The van der Waals surface area contributed by atoms with Crippen molar-refractivity contribution in [2.75, 3.05) is 0 Å². The highest BCUT2D eigenvalue weighted by Crippen LogP contribution is 2.37. The molecule has 41 heavy (non-hydrogen) atoms. The Morgan fingerprint density at radius 1 is 0.829 bits per heavy atom. The molecule has 1 amide bonds. The predicted molar refractivity (Wildman–Crippen MR) is 146 cm³/mol. The fourth-order valence-corrected chi connectivity index (χ4v) is 5.04. The molecular formula is C33H24F3NO4. The summed E-state index contributed by atoms with van der Waals surface area (Å²) in [6, 6.07) is 28.1. The van der Waals surface area contributed by atoms with Crippen molar-refractivity contribution in [3.63, 3.8) is 0 Å². The van der Waals surface area contributed by atoms with Crippen LogP contribution in [0.4, 0.5) is 13.2 Å². The van der Waals surface area contributed by atoms with Gasteiger partial charge in [0.25, 0.3) is 0 Å². The zero-order chi connectivity index (χ0) is 29.0. The number of amides is 1. The third-order valence-corrected chi connectivity index (χ3v) is 6.90. The van der Waals surface area contributed by atoms with E-state index in [0.717, 1.165) is 6.07 Å². The number of hydrogen-bond donors (Lipinski definition) is 1. The molecule has 206 valence electrons. The lowest BCUT2D eigenvalue weighted by atomic mass is 9.85. The number of hydrogen-bond acceptors (Lipinski definition) is 3. The van der Waals surface area contributed by atoms with Crippen LogP contribution in [0.2, 0.25) is 0 Å². The molecule has 0 fully saturated rings. The summed E-state index contributed by atoms with van der Waals surface area (Å²) >= 11 is 0. The van der Waals surface area contributed by atoms with Gasteiger partial charge >= 0.3 is 12.3 Å². The maximum absolute atomic E-state index is 14.1. The van der Waals surface area contributed by atoms with E-state index < -0.39 is 35.9 Å². The number of rotatable bonds is 5. The first-order valence-electron chi connectivity index (χ1n) is 12.8. The lowest BCUT2D eigenvalue weighted by Crippen LogP contribution is -2.50. The van der Waals surface area contributed by atoms with Crippen molar-refractivity contribution in [1.29, 1.82) is 0 Å². The summed E-state index contributed by atoms with van der Waals surface area (Å²) in [5.41, 5.74) is 2.72. The van der Waals surface area contributed by atoms with Crippen LogP contribution in [0.1, 0.15) is 39.3 Å². The van der Waals surface area contributed by atoms with Crippen LogP contribution >= 0.6 is 0 Å². The number of alkyl halides is 3. The third-order valence-electron chi connectivity index (χ3n) is 6.90. The van der Waals surface area contributed by atoms with E-state index in [9.17, 15) is 27.9 Å². The summed E-state index contributed by atoms with van der Waals surface area (Å²) in [6.07, 6.45) is -5.21. The number of benzene rings is 4. The van der Waals surface area contributed by atoms with Crippen LogP contribution in [0.5, 0.6) is 5.75 Å². The van der Waals surface area contributed by atoms with E-state index in [1.54, 1.807) is 78.9 Å². The van der Waals surface area contributed by atoms with Gasteiger partial charge in [0.2, 0.25) is 5.91 Å². The molecule has 5 rings (SSSR count). The maximum atomic E-state index is 14.1. The van der Waals surface area contributed by atoms with E-state index >= 15 is 0 Å². The number of carbonyl (C=O) groups excluding carboxylic acids is 1. The van der Waals surface area contributed by atoms with Gasteiger partial charge in [0, 0.05) is 18.5 Å². The number of carboxylic acid groups (broad SMARTS) is 1. The highest BCUT2D eigenvalue weighted by Gasteiger charge is 2.40. The average molecular weight is 556 g/mol. The van der Waals surface area contributed by atoms with Crippen LogP contribution in [0.15, 0.2) is 103 Å². The molecule has 0 saturated carbocycles. The fourth-order valence-electron chi connectivity index (χ4n) is 5.04. The van der Waals surface area contributed by atoms with E-state index in [4.69, 9.17) is 0 Å². The Balaban J connectivity index is 1.59. The van der Waals surface area contributed by atoms with Crippen molar-refractivity contribution in [2.24, 2.45) is 0 Å². The summed E-state index contributed by atoms with van der Waals surface area (Å²) in [5, 5.41) is 10.2. The van der Waals surface area contributed by atoms with Gasteiger partial charge in [-0.25, -0.2) is 4.79 Å². The topological polar surface area (TPSA) is 66.8 Å². The zero-order valence-electron chi connectivity index (χ0n) is 21.6.